The molecule has 1 aliphatic carbocycles. The second-order valence-electron chi connectivity index (χ2n) is 17.3. The zero-order valence-electron chi connectivity index (χ0n) is 35.2. The summed E-state index contributed by atoms with van der Waals surface area (Å²) in [7, 11) is 0. The van der Waals surface area contributed by atoms with Gasteiger partial charge in [-0.15, -0.1) is 0 Å². The second kappa shape index (κ2) is 14.6. The summed E-state index contributed by atoms with van der Waals surface area (Å²) in [5.41, 5.74) is 17.6. The van der Waals surface area contributed by atoms with Crippen molar-refractivity contribution in [2.75, 3.05) is 0 Å². The molecule has 0 radical (unpaired) electrons. The van der Waals surface area contributed by atoms with E-state index in [-0.39, 0.29) is 5.41 Å². The molecule has 2 heteroatoms. The van der Waals surface area contributed by atoms with Crippen LogP contribution in [-0.2, 0) is 5.41 Å². The van der Waals surface area contributed by atoms with Crippen molar-refractivity contribution in [3.05, 3.63) is 230 Å². The number of fused-ring (bicyclic) bond motifs is 7. The van der Waals surface area contributed by atoms with E-state index >= 15 is 0 Å². The van der Waals surface area contributed by atoms with Crippen LogP contribution in [-0.4, -0.2) is 9.97 Å². The lowest BCUT2D eigenvalue weighted by molar-refractivity contribution is 0.660. The lowest BCUT2D eigenvalue weighted by atomic mass is 9.81. The van der Waals surface area contributed by atoms with E-state index in [4.69, 9.17) is 9.97 Å². The number of rotatable bonds is 6. The van der Waals surface area contributed by atoms with Crippen molar-refractivity contribution < 1.29 is 0 Å². The lowest BCUT2D eigenvalue weighted by Gasteiger charge is -2.22. The first kappa shape index (κ1) is 36.9. The van der Waals surface area contributed by atoms with Gasteiger partial charge in [0.05, 0.1) is 11.4 Å². The molecule has 0 amide bonds. The highest BCUT2D eigenvalue weighted by molar-refractivity contribution is 6.27. The molecule has 0 aliphatic heterocycles. The summed E-state index contributed by atoms with van der Waals surface area (Å²) in [4.78, 5) is 10.4. The van der Waals surface area contributed by atoms with Crippen molar-refractivity contribution in [2.24, 2.45) is 0 Å². The van der Waals surface area contributed by atoms with E-state index in [1.165, 1.54) is 88.0 Å². The van der Waals surface area contributed by atoms with E-state index in [1.54, 1.807) is 0 Å². The highest BCUT2D eigenvalue weighted by Gasteiger charge is 2.35. The minimum Gasteiger partial charge on any atom is -0.228 e. The molecule has 296 valence electrons. The molecule has 1 aromatic heterocycles. The van der Waals surface area contributed by atoms with Gasteiger partial charge in [-0.25, -0.2) is 9.97 Å². The molecule has 0 bridgehead atoms. The highest BCUT2D eigenvalue weighted by Crippen LogP contribution is 2.50. The van der Waals surface area contributed by atoms with Gasteiger partial charge in [0.15, 0.2) is 5.82 Å². The lowest BCUT2D eigenvalue weighted by Crippen LogP contribution is -2.14. The second-order valence-corrected chi connectivity index (χ2v) is 17.3. The van der Waals surface area contributed by atoms with E-state index in [2.05, 4.69) is 214 Å². The van der Waals surface area contributed by atoms with Gasteiger partial charge < -0.3 is 0 Å². The molecule has 0 saturated carbocycles. The van der Waals surface area contributed by atoms with E-state index in [1.807, 2.05) is 18.2 Å². The number of nitrogens with zero attached hydrogens (tertiary/aromatic N) is 2. The normalized spacial score (nSPS) is 12.7. The van der Waals surface area contributed by atoms with Crippen LogP contribution in [0.5, 0.6) is 0 Å². The molecule has 0 fully saturated rings. The maximum atomic E-state index is 5.20. The smallest absolute Gasteiger partial charge is 0.160 e. The summed E-state index contributed by atoms with van der Waals surface area (Å²) in [6, 6.07) is 79.1. The summed E-state index contributed by atoms with van der Waals surface area (Å²) in [5.74, 6) is 0.706. The van der Waals surface area contributed by atoms with Crippen molar-refractivity contribution in [3.8, 4) is 78.4 Å². The Labute approximate surface area is 367 Å². The molecule has 0 saturated heterocycles. The van der Waals surface area contributed by atoms with Gasteiger partial charge in [-0.1, -0.05) is 220 Å². The summed E-state index contributed by atoms with van der Waals surface area (Å²) < 4.78 is 0. The molecule has 0 unspecified atom stereocenters. The predicted molar refractivity (Wildman–Crippen MR) is 265 cm³/mol. The Morgan fingerprint density at radius 3 is 1.52 bits per heavy atom. The molecule has 1 heterocycles. The van der Waals surface area contributed by atoms with Crippen LogP contribution >= 0.6 is 0 Å². The molecular weight excluding hydrogens is 761 g/mol. The van der Waals surface area contributed by atoms with Gasteiger partial charge in [-0.05, 0) is 100 Å². The van der Waals surface area contributed by atoms with Crippen LogP contribution in [0.15, 0.2) is 218 Å². The fourth-order valence-electron chi connectivity index (χ4n) is 10.1. The van der Waals surface area contributed by atoms with Gasteiger partial charge in [0.2, 0.25) is 0 Å². The van der Waals surface area contributed by atoms with Gasteiger partial charge in [0.1, 0.15) is 0 Å². The third-order valence-corrected chi connectivity index (χ3v) is 13.3. The molecule has 10 aromatic carbocycles. The van der Waals surface area contributed by atoms with Gasteiger partial charge in [0.25, 0.3) is 0 Å². The SMILES string of the molecule is CC1(C)c2ccccc2-c2ccc(-c3ccc(-c4cc(-c5ccc(-c6c7ccccc7c(-c7ccccc7)c7c6ccc6ccccc67)cc5)nc(-c5ccccc5)n4)cc3)cc21. The van der Waals surface area contributed by atoms with Crippen LogP contribution in [0.3, 0.4) is 0 Å². The van der Waals surface area contributed by atoms with E-state index in [0.717, 1.165) is 28.1 Å². The van der Waals surface area contributed by atoms with Gasteiger partial charge >= 0.3 is 0 Å². The summed E-state index contributed by atoms with van der Waals surface area (Å²) in [5, 5.41) is 7.50. The molecule has 63 heavy (non-hydrogen) atoms. The average molecular weight is 803 g/mol. The molecule has 12 rings (SSSR count). The Bertz CT molecular complexity index is 3550. The van der Waals surface area contributed by atoms with Crippen LogP contribution in [0.4, 0.5) is 0 Å². The number of benzene rings is 10. The van der Waals surface area contributed by atoms with Crippen LogP contribution in [0.2, 0.25) is 0 Å². The fourth-order valence-corrected chi connectivity index (χ4v) is 10.1. The van der Waals surface area contributed by atoms with Crippen LogP contribution in [0, 0.1) is 0 Å². The maximum Gasteiger partial charge on any atom is 0.160 e. The van der Waals surface area contributed by atoms with Crippen molar-refractivity contribution in [1.29, 1.82) is 0 Å². The highest BCUT2D eigenvalue weighted by atomic mass is 14.9. The third-order valence-electron chi connectivity index (χ3n) is 13.3. The summed E-state index contributed by atoms with van der Waals surface area (Å²) in [6.45, 7) is 4.67. The van der Waals surface area contributed by atoms with Gasteiger partial charge in [0, 0.05) is 22.1 Å². The maximum absolute atomic E-state index is 5.20. The Balaban J connectivity index is 0.956. The molecular formula is C61H42N2. The van der Waals surface area contributed by atoms with Crippen LogP contribution in [0.1, 0.15) is 25.0 Å². The minimum atomic E-state index is -0.0469. The third kappa shape index (κ3) is 6.09. The molecule has 0 spiro atoms. The summed E-state index contributed by atoms with van der Waals surface area (Å²) >= 11 is 0. The quantitative estimate of drug-likeness (QED) is 0.124. The zero-order chi connectivity index (χ0) is 42.1. The Hall–Kier alpha value is -7.94. The Morgan fingerprint density at radius 2 is 0.825 bits per heavy atom. The van der Waals surface area contributed by atoms with E-state index in [9.17, 15) is 0 Å². The van der Waals surface area contributed by atoms with Crippen LogP contribution < -0.4 is 0 Å². The molecule has 0 atom stereocenters. The topological polar surface area (TPSA) is 25.8 Å². The molecule has 0 N–H and O–H groups in total. The first-order valence-corrected chi connectivity index (χ1v) is 21.8. The monoisotopic (exact) mass is 802 g/mol. The minimum absolute atomic E-state index is 0.0469. The zero-order valence-corrected chi connectivity index (χ0v) is 35.2. The fraction of sp³-hybridized carbons (Fsp3) is 0.0492. The van der Waals surface area contributed by atoms with E-state index < -0.39 is 0 Å². The Kier molecular flexibility index (Phi) is 8.55. The van der Waals surface area contributed by atoms with Crippen molar-refractivity contribution in [1.82, 2.24) is 9.97 Å². The molecule has 11 aromatic rings. The van der Waals surface area contributed by atoms with E-state index in [0.29, 0.717) is 5.82 Å². The largest absolute Gasteiger partial charge is 0.228 e. The number of hydrogen-bond donors (Lipinski definition) is 0. The number of aromatic nitrogens is 2. The number of hydrogen-bond acceptors (Lipinski definition) is 2. The Morgan fingerprint density at radius 1 is 0.317 bits per heavy atom. The molecule has 2 nitrogen and oxygen atoms in total. The predicted octanol–water partition coefficient (Wildman–Crippen LogP) is 16.2. The molecule has 1 aliphatic rings. The van der Waals surface area contributed by atoms with Crippen molar-refractivity contribution in [3.63, 3.8) is 0 Å². The van der Waals surface area contributed by atoms with Gasteiger partial charge in [-0.2, -0.15) is 0 Å². The van der Waals surface area contributed by atoms with Gasteiger partial charge in [-0.3, -0.25) is 0 Å². The first-order chi connectivity index (χ1) is 31.0. The van der Waals surface area contributed by atoms with Crippen molar-refractivity contribution >= 4 is 32.3 Å². The van der Waals surface area contributed by atoms with Crippen molar-refractivity contribution in [2.45, 2.75) is 19.3 Å². The summed E-state index contributed by atoms with van der Waals surface area (Å²) in [6.07, 6.45) is 0. The van der Waals surface area contributed by atoms with Crippen LogP contribution in [0.25, 0.3) is 111 Å². The average Bonchev–Trinajstić information content (AvgIpc) is 3.58. The standard InChI is InChI=1S/C61H42N2/c1-61(2)53-24-14-13-21-48(53)49-35-34-46(37-54(49)61)39-25-27-41(28-26-39)55-38-56(63-60(62-55)45-18-7-4-8-19-45)42-29-31-44(32-30-42)57-50-22-11-12-23-51(50)58(43-16-5-3-6-17-43)59-47-20-10-9-15-40(47)33-36-52(57)59/h3-38H,1-2H3. The first-order valence-electron chi connectivity index (χ1n) is 21.8.